The Morgan fingerprint density at radius 1 is 1.13 bits per heavy atom. The number of thioether (sulfide) groups is 1. The van der Waals surface area contributed by atoms with E-state index in [4.69, 9.17) is 5.73 Å². The van der Waals surface area contributed by atoms with Crippen molar-refractivity contribution >= 4 is 35.2 Å². The molecule has 3 amide bonds. The minimum absolute atomic E-state index is 0.0208. The van der Waals surface area contributed by atoms with Gasteiger partial charge in [-0.2, -0.15) is 0 Å². The molecule has 0 spiro atoms. The van der Waals surface area contributed by atoms with Crippen LogP contribution in [0.5, 0.6) is 0 Å². The highest BCUT2D eigenvalue weighted by Gasteiger charge is 2.34. The summed E-state index contributed by atoms with van der Waals surface area (Å²) in [6.07, 6.45) is 0.0208. The summed E-state index contributed by atoms with van der Waals surface area (Å²) in [5.41, 5.74) is 6.73. The summed E-state index contributed by atoms with van der Waals surface area (Å²) >= 11 is 1.49. The lowest BCUT2D eigenvalue weighted by atomic mass is 9.94. The van der Waals surface area contributed by atoms with E-state index >= 15 is 0 Å². The van der Waals surface area contributed by atoms with Crippen LogP contribution in [0.4, 0.5) is 10.1 Å². The monoisotopic (exact) mass is 430 g/mol. The zero-order valence-electron chi connectivity index (χ0n) is 16.4. The van der Waals surface area contributed by atoms with E-state index in [1.807, 2.05) is 6.92 Å². The molecule has 5 N–H and O–H groups in total. The molecular formula is C21H23FN4O3S. The van der Waals surface area contributed by atoms with Gasteiger partial charge in [-0.25, -0.2) is 4.39 Å². The second kappa shape index (κ2) is 9.73. The van der Waals surface area contributed by atoms with Crippen molar-refractivity contribution in [2.24, 2.45) is 11.7 Å². The van der Waals surface area contributed by atoms with Gasteiger partial charge in [-0.15, -0.1) is 11.8 Å². The molecule has 3 unspecified atom stereocenters. The molecule has 1 fully saturated rings. The van der Waals surface area contributed by atoms with Gasteiger partial charge in [0, 0.05) is 29.5 Å². The highest BCUT2D eigenvalue weighted by Crippen LogP contribution is 2.22. The van der Waals surface area contributed by atoms with Crippen molar-refractivity contribution in [2.75, 3.05) is 5.32 Å². The first-order valence-electron chi connectivity index (χ1n) is 9.44. The topological polar surface area (TPSA) is 113 Å². The van der Waals surface area contributed by atoms with E-state index in [9.17, 15) is 18.8 Å². The predicted molar refractivity (Wildman–Crippen MR) is 114 cm³/mol. The van der Waals surface area contributed by atoms with Crippen LogP contribution < -0.4 is 21.7 Å². The zero-order chi connectivity index (χ0) is 21.7. The molecule has 7 nitrogen and oxygen atoms in total. The van der Waals surface area contributed by atoms with E-state index in [-0.39, 0.29) is 35.6 Å². The SMILES string of the molecule is CC1NC(SCc2ccc(F)cc2)NC(=O)C1CC(=O)Nc1ccc(C(N)=O)cc1. The minimum Gasteiger partial charge on any atom is -0.366 e. The highest BCUT2D eigenvalue weighted by molar-refractivity contribution is 7.99. The summed E-state index contributed by atoms with van der Waals surface area (Å²) in [7, 11) is 0. The minimum atomic E-state index is -0.543. The normalized spacial score (nSPS) is 21.0. The maximum Gasteiger partial charge on any atom is 0.248 e. The molecule has 0 bridgehead atoms. The summed E-state index contributed by atoms with van der Waals surface area (Å²) < 4.78 is 13.0. The number of rotatable bonds is 7. The number of carbonyl (C=O) groups excluding carboxylic acids is 3. The Morgan fingerprint density at radius 3 is 2.40 bits per heavy atom. The van der Waals surface area contributed by atoms with Crippen molar-refractivity contribution in [3.63, 3.8) is 0 Å². The molecular weight excluding hydrogens is 407 g/mol. The number of benzene rings is 2. The molecule has 1 aliphatic rings. The predicted octanol–water partition coefficient (Wildman–Crippen LogP) is 2.19. The van der Waals surface area contributed by atoms with Gasteiger partial charge in [0.1, 0.15) is 11.3 Å². The van der Waals surface area contributed by atoms with Crippen molar-refractivity contribution in [1.82, 2.24) is 10.6 Å². The van der Waals surface area contributed by atoms with Crippen LogP contribution in [-0.2, 0) is 15.3 Å². The number of hydrogen-bond donors (Lipinski definition) is 4. The third-order valence-electron chi connectivity index (χ3n) is 4.82. The molecule has 2 aromatic rings. The number of nitrogens with one attached hydrogen (secondary N) is 3. The molecule has 0 aromatic heterocycles. The second-order valence-electron chi connectivity index (χ2n) is 7.08. The van der Waals surface area contributed by atoms with Crippen LogP contribution in [0.1, 0.15) is 29.3 Å². The average Bonchev–Trinajstić information content (AvgIpc) is 2.71. The Hall–Kier alpha value is -2.91. The van der Waals surface area contributed by atoms with E-state index in [0.717, 1.165) is 5.56 Å². The van der Waals surface area contributed by atoms with Crippen LogP contribution >= 0.6 is 11.8 Å². The van der Waals surface area contributed by atoms with Crippen molar-refractivity contribution in [2.45, 2.75) is 30.6 Å². The molecule has 9 heteroatoms. The fourth-order valence-corrected chi connectivity index (χ4v) is 4.17. The van der Waals surface area contributed by atoms with Gasteiger partial charge in [-0.05, 0) is 48.9 Å². The van der Waals surface area contributed by atoms with E-state index in [1.165, 1.54) is 36.0 Å². The first kappa shape index (κ1) is 21.8. The van der Waals surface area contributed by atoms with Crippen LogP contribution in [0, 0.1) is 11.7 Å². The van der Waals surface area contributed by atoms with Gasteiger partial charge in [-0.1, -0.05) is 12.1 Å². The van der Waals surface area contributed by atoms with E-state index in [0.29, 0.717) is 17.0 Å². The molecule has 0 radical (unpaired) electrons. The van der Waals surface area contributed by atoms with Crippen molar-refractivity contribution in [3.05, 3.63) is 65.5 Å². The summed E-state index contributed by atoms with van der Waals surface area (Å²) in [5.74, 6) is -1.23. The molecule has 158 valence electrons. The Kier molecular flexibility index (Phi) is 7.07. The highest BCUT2D eigenvalue weighted by atomic mass is 32.2. The molecule has 0 saturated carbocycles. The van der Waals surface area contributed by atoms with Gasteiger partial charge in [0.15, 0.2) is 0 Å². The van der Waals surface area contributed by atoms with E-state index in [2.05, 4.69) is 16.0 Å². The number of nitrogens with two attached hydrogens (primary N) is 1. The van der Waals surface area contributed by atoms with Crippen LogP contribution in [0.3, 0.4) is 0 Å². The lowest BCUT2D eigenvalue weighted by Gasteiger charge is -2.35. The van der Waals surface area contributed by atoms with Crippen molar-refractivity contribution < 1.29 is 18.8 Å². The number of amides is 3. The first-order chi connectivity index (χ1) is 14.3. The number of carbonyl (C=O) groups is 3. The first-order valence-corrected chi connectivity index (χ1v) is 10.5. The summed E-state index contributed by atoms with van der Waals surface area (Å²) in [4.78, 5) is 36.0. The molecule has 1 aliphatic heterocycles. The largest absolute Gasteiger partial charge is 0.366 e. The Morgan fingerprint density at radius 2 is 1.80 bits per heavy atom. The lowest BCUT2D eigenvalue weighted by Crippen LogP contribution is -2.59. The number of anilines is 1. The molecule has 1 saturated heterocycles. The third-order valence-corrected chi connectivity index (χ3v) is 5.90. The maximum absolute atomic E-state index is 13.0. The van der Waals surface area contributed by atoms with Crippen LogP contribution in [0.2, 0.25) is 0 Å². The second-order valence-corrected chi connectivity index (χ2v) is 8.18. The maximum atomic E-state index is 13.0. The quantitative estimate of drug-likeness (QED) is 0.538. The van der Waals surface area contributed by atoms with Gasteiger partial charge < -0.3 is 16.4 Å². The molecule has 3 atom stereocenters. The zero-order valence-corrected chi connectivity index (χ0v) is 17.2. The van der Waals surface area contributed by atoms with Gasteiger partial charge in [0.05, 0.1) is 5.92 Å². The summed E-state index contributed by atoms with van der Waals surface area (Å²) in [5, 5.41) is 8.89. The van der Waals surface area contributed by atoms with Crippen LogP contribution in [0.15, 0.2) is 48.5 Å². The van der Waals surface area contributed by atoms with Gasteiger partial charge in [0.25, 0.3) is 0 Å². The summed E-state index contributed by atoms with van der Waals surface area (Å²) in [6.45, 7) is 1.86. The van der Waals surface area contributed by atoms with E-state index < -0.39 is 11.8 Å². The molecule has 1 heterocycles. The van der Waals surface area contributed by atoms with Crippen LogP contribution in [-0.4, -0.2) is 29.3 Å². The Labute approximate surface area is 178 Å². The fraction of sp³-hybridized carbons (Fsp3) is 0.286. The smallest absolute Gasteiger partial charge is 0.248 e. The summed E-state index contributed by atoms with van der Waals surface area (Å²) in [6, 6.07) is 12.2. The van der Waals surface area contributed by atoms with Gasteiger partial charge in [-0.3, -0.25) is 19.7 Å². The van der Waals surface area contributed by atoms with Gasteiger partial charge in [0.2, 0.25) is 17.7 Å². The molecule has 2 aromatic carbocycles. The Bertz CT molecular complexity index is 921. The molecule has 0 aliphatic carbocycles. The van der Waals surface area contributed by atoms with Crippen LogP contribution in [0.25, 0.3) is 0 Å². The molecule has 3 rings (SSSR count). The standard InChI is InChI=1S/C21H23FN4O3S/c1-12-17(10-18(27)25-16-8-4-14(5-9-16)19(23)28)20(29)26-21(24-12)30-11-13-2-6-15(22)7-3-13/h2-9,12,17,21,24H,10-11H2,1H3,(H2,23,28)(H,25,27)(H,26,29). The van der Waals surface area contributed by atoms with E-state index in [1.54, 1.807) is 24.3 Å². The fourth-order valence-electron chi connectivity index (χ4n) is 3.11. The number of primary amides is 1. The number of hydrogen-bond acceptors (Lipinski definition) is 5. The molecule has 30 heavy (non-hydrogen) atoms. The van der Waals surface area contributed by atoms with Gasteiger partial charge >= 0.3 is 0 Å². The lowest BCUT2D eigenvalue weighted by molar-refractivity contribution is -0.131. The third kappa shape index (κ3) is 5.80. The Balaban J connectivity index is 1.50. The van der Waals surface area contributed by atoms with Crippen molar-refractivity contribution in [1.29, 1.82) is 0 Å². The van der Waals surface area contributed by atoms with Crippen molar-refractivity contribution in [3.8, 4) is 0 Å². The average molecular weight is 431 g/mol. The number of halogens is 1.